The van der Waals surface area contributed by atoms with E-state index >= 15 is 0 Å². The lowest BCUT2D eigenvalue weighted by molar-refractivity contribution is -0.0718. The number of hydrogen-bond donors (Lipinski definition) is 0. The van der Waals surface area contributed by atoms with Crippen LogP contribution in [0.1, 0.15) is 81.1 Å². The second-order valence-electron chi connectivity index (χ2n) is 11.0. The maximum atomic E-state index is 12.7. The van der Waals surface area contributed by atoms with E-state index in [9.17, 15) is 8.42 Å². The minimum Gasteiger partial charge on any atom is -0.296 e. The van der Waals surface area contributed by atoms with Crippen molar-refractivity contribution in [3.05, 3.63) is 0 Å². The van der Waals surface area contributed by atoms with E-state index in [0.717, 1.165) is 0 Å². The molecule has 0 atom stereocenters. The molecule has 2 fully saturated rings. The summed E-state index contributed by atoms with van der Waals surface area (Å²) in [4.78, 5) is 4.60. The Morgan fingerprint density at radius 1 is 0.630 bits per heavy atom. The van der Waals surface area contributed by atoms with E-state index in [0.29, 0.717) is 25.7 Å². The van der Waals surface area contributed by atoms with Gasteiger partial charge in [-0.3, -0.25) is 9.80 Å². The molecule has 0 saturated carbocycles. The summed E-state index contributed by atoms with van der Waals surface area (Å²) in [5.74, 6) is 0. The van der Waals surface area contributed by atoms with Crippen LogP contribution in [0.25, 0.3) is 0 Å². The van der Waals surface area contributed by atoms with Gasteiger partial charge in [0.15, 0.2) is 0 Å². The molecule has 0 N–H and O–H groups in total. The summed E-state index contributed by atoms with van der Waals surface area (Å²) >= 11 is 0. The van der Waals surface area contributed by atoms with Crippen molar-refractivity contribution in [3.8, 4) is 0 Å². The molecule has 2 rings (SSSR count). The second kappa shape index (κ2) is 6.94. The second-order valence-corrected chi connectivity index (χ2v) is 12.2. The topological polar surface area (TPSA) is 59.1 Å². The predicted octanol–water partition coefficient (Wildman–Crippen LogP) is 3.57. The monoisotopic (exact) mass is 404 g/mol. The first-order valence-corrected chi connectivity index (χ1v) is 11.3. The first-order valence-electron chi connectivity index (χ1n) is 9.97. The van der Waals surface area contributed by atoms with Crippen molar-refractivity contribution in [2.45, 2.75) is 115 Å². The van der Waals surface area contributed by atoms with Gasteiger partial charge in [-0.25, -0.2) is 8.37 Å². The summed E-state index contributed by atoms with van der Waals surface area (Å²) in [7, 11) is 0.121. The number of hydrogen-bond acceptors (Lipinski definition) is 6. The van der Waals surface area contributed by atoms with Crippen molar-refractivity contribution in [2.75, 3.05) is 14.1 Å². The van der Waals surface area contributed by atoms with E-state index in [1.165, 1.54) is 0 Å². The van der Waals surface area contributed by atoms with Gasteiger partial charge in [-0.15, -0.1) is 0 Å². The molecule has 0 aromatic heterocycles. The highest BCUT2D eigenvalue weighted by molar-refractivity contribution is 7.81. The molecule has 0 radical (unpaired) electrons. The summed E-state index contributed by atoms with van der Waals surface area (Å²) in [6.07, 6.45) is 1.87. The first kappa shape index (κ1) is 23.1. The third-order valence-corrected chi connectivity index (χ3v) is 8.06. The fourth-order valence-corrected chi connectivity index (χ4v) is 6.04. The molecule has 27 heavy (non-hydrogen) atoms. The Bertz CT molecular complexity index is 569. The fourth-order valence-electron chi connectivity index (χ4n) is 5.05. The fraction of sp³-hybridized carbons (Fsp3) is 1.00. The van der Waals surface area contributed by atoms with Crippen LogP contribution in [0.15, 0.2) is 0 Å². The van der Waals surface area contributed by atoms with Crippen molar-refractivity contribution in [2.24, 2.45) is 0 Å². The smallest absolute Gasteiger partial charge is 0.296 e. The number of nitrogens with zero attached hydrogens (tertiary/aromatic N) is 2. The van der Waals surface area contributed by atoms with Gasteiger partial charge >= 0.3 is 10.4 Å². The summed E-state index contributed by atoms with van der Waals surface area (Å²) < 4.78 is 36.6. The van der Waals surface area contributed by atoms with Crippen LogP contribution in [0.2, 0.25) is 0 Å². The van der Waals surface area contributed by atoms with Crippen LogP contribution in [0, 0.1) is 0 Å². The normalized spacial score (nSPS) is 29.7. The van der Waals surface area contributed by atoms with E-state index in [2.05, 4.69) is 79.3 Å². The van der Waals surface area contributed by atoms with E-state index < -0.39 is 10.4 Å². The molecule has 2 aliphatic rings. The lowest BCUT2D eigenvalue weighted by Gasteiger charge is -2.53. The van der Waals surface area contributed by atoms with Crippen LogP contribution in [-0.2, 0) is 18.8 Å². The quantitative estimate of drug-likeness (QED) is 0.714. The third kappa shape index (κ3) is 5.04. The molecule has 0 aliphatic carbocycles. The molecule has 0 bridgehead atoms. The standard InChI is InChI=1S/C20H40N2O4S/c1-17(2)11-15(12-18(3,4)21(17)9)25-27(23,24)26-16-13-19(5,6)22(10)20(7,8)14-16/h15-16H,11-14H2,1-10H3. The third-order valence-electron chi connectivity index (χ3n) is 7.05. The van der Waals surface area contributed by atoms with E-state index in [1.807, 2.05) is 0 Å². The zero-order chi connectivity index (χ0) is 21.1. The Morgan fingerprint density at radius 3 is 1.07 bits per heavy atom. The average Bonchev–Trinajstić information content (AvgIpc) is 2.39. The summed E-state index contributed by atoms with van der Waals surface area (Å²) in [6, 6.07) is 0. The molecule has 160 valence electrons. The number of piperidine rings is 2. The molecule has 0 aromatic rings. The molecule has 2 saturated heterocycles. The Balaban J connectivity index is 2.09. The van der Waals surface area contributed by atoms with E-state index in [1.54, 1.807) is 0 Å². The molecule has 0 amide bonds. The van der Waals surface area contributed by atoms with Gasteiger partial charge in [0.25, 0.3) is 0 Å². The predicted molar refractivity (Wildman–Crippen MR) is 109 cm³/mol. The van der Waals surface area contributed by atoms with Gasteiger partial charge in [0.2, 0.25) is 0 Å². The van der Waals surface area contributed by atoms with Crippen LogP contribution >= 0.6 is 0 Å². The van der Waals surface area contributed by atoms with Gasteiger partial charge in [-0.2, -0.15) is 8.42 Å². The van der Waals surface area contributed by atoms with Gasteiger partial charge < -0.3 is 0 Å². The number of likely N-dealkylation sites (tertiary alicyclic amines) is 2. The van der Waals surface area contributed by atoms with Crippen molar-refractivity contribution < 1.29 is 16.8 Å². The lowest BCUT2D eigenvalue weighted by atomic mass is 9.79. The van der Waals surface area contributed by atoms with Crippen LogP contribution in [0.3, 0.4) is 0 Å². The largest absolute Gasteiger partial charge is 0.400 e. The Hall–Kier alpha value is -0.210. The van der Waals surface area contributed by atoms with Crippen molar-refractivity contribution >= 4 is 10.4 Å². The van der Waals surface area contributed by atoms with Crippen molar-refractivity contribution in [3.63, 3.8) is 0 Å². The van der Waals surface area contributed by atoms with Crippen molar-refractivity contribution in [1.29, 1.82) is 0 Å². The molecule has 2 heterocycles. The van der Waals surface area contributed by atoms with Gasteiger partial charge in [-0.05, 0) is 95.2 Å². The Kier molecular flexibility index (Phi) is 5.93. The molecular weight excluding hydrogens is 364 g/mol. The molecular formula is C20H40N2O4S. The minimum absolute atomic E-state index is 0.139. The van der Waals surface area contributed by atoms with E-state index in [-0.39, 0.29) is 34.4 Å². The molecule has 6 nitrogen and oxygen atoms in total. The van der Waals surface area contributed by atoms with Crippen LogP contribution < -0.4 is 0 Å². The highest BCUT2D eigenvalue weighted by Crippen LogP contribution is 2.41. The highest BCUT2D eigenvalue weighted by atomic mass is 32.3. The van der Waals surface area contributed by atoms with Gasteiger partial charge in [0, 0.05) is 22.2 Å². The van der Waals surface area contributed by atoms with Crippen LogP contribution in [0.5, 0.6) is 0 Å². The lowest BCUT2D eigenvalue weighted by Crippen LogP contribution is -2.61. The molecule has 0 unspecified atom stereocenters. The maximum absolute atomic E-state index is 12.7. The zero-order valence-corrected chi connectivity index (χ0v) is 19.7. The van der Waals surface area contributed by atoms with Crippen LogP contribution in [-0.4, -0.2) is 66.7 Å². The van der Waals surface area contributed by atoms with Crippen LogP contribution in [0.4, 0.5) is 0 Å². The highest BCUT2D eigenvalue weighted by Gasteiger charge is 2.47. The summed E-state index contributed by atoms with van der Waals surface area (Å²) in [5, 5.41) is 0. The Labute approximate surface area is 166 Å². The van der Waals surface area contributed by atoms with Crippen molar-refractivity contribution in [1.82, 2.24) is 9.80 Å². The molecule has 7 heteroatoms. The van der Waals surface area contributed by atoms with Gasteiger partial charge in [0.05, 0.1) is 12.2 Å². The Morgan fingerprint density at radius 2 is 0.852 bits per heavy atom. The minimum atomic E-state index is -4.05. The average molecular weight is 405 g/mol. The first-order chi connectivity index (χ1) is 11.9. The zero-order valence-electron chi connectivity index (χ0n) is 18.9. The maximum Gasteiger partial charge on any atom is 0.400 e. The van der Waals surface area contributed by atoms with Gasteiger partial charge in [-0.1, -0.05) is 0 Å². The SMILES string of the molecule is CN1C(C)(C)CC(OS(=O)(=O)OC2CC(C)(C)N(C)C(C)(C)C2)CC1(C)C. The van der Waals surface area contributed by atoms with Gasteiger partial charge in [0.1, 0.15) is 0 Å². The summed E-state index contributed by atoms with van der Waals surface area (Å²) in [5.41, 5.74) is -0.558. The molecule has 0 aromatic carbocycles. The number of rotatable bonds is 4. The molecule has 0 spiro atoms. The summed E-state index contributed by atoms with van der Waals surface area (Å²) in [6.45, 7) is 17.0. The van der Waals surface area contributed by atoms with E-state index in [4.69, 9.17) is 8.37 Å². The molecule has 2 aliphatic heterocycles.